The summed E-state index contributed by atoms with van der Waals surface area (Å²) in [5.41, 5.74) is 1.99. The molecule has 0 aromatic heterocycles. The lowest BCUT2D eigenvalue weighted by molar-refractivity contribution is -0.146. The number of carbonyl (C=O) groups excluding carboxylic acids is 1. The van der Waals surface area contributed by atoms with Crippen LogP contribution in [-0.4, -0.2) is 63.7 Å². The van der Waals surface area contributed by atoms with E-state index >= 15 is 0 Å². The molecule has 2 rings (SSSR count). The third-order valence-corrected chi connectivity index (χ3v) is 10.4. The maximum Gasteiger partial charge on any atom is 0.324 e. The van der Waals surface area contributed by atoms with Gasteiger partial charge in [0.1, 0.15) is 12.8 Å². The van der Waals surface area contributed by atoms with Gasteiger partial charge in [-0.1, -0.05) is 55.0 Å². The lowest BCUT2D eigenvalue weighted by atomic mass is 10.1. The number of aryl methyl sites for hydroxylation is 2. The first-order valence-electron chi connectivity index (χ1n) is 12.6. The fraction of sp³-hybridized carbons (Fsp3) is 0.481. The molecule has 2 atom stereocenters. The largest absolute Gasteiger partial charge is 0.468 e. The van der Waals surface area contributed by atoms with Gasteiger partial charge in [-0.05, 0) is 63.4 Å². The van der Waals surface area contributed by atoms with Crippen molar-refractivity contribution in [2.75, 3.05) is 20.4 Å². The number of sulfonamides is 1. The van der Waals surface area contributed by atoms with E-state index in [1.807, 2.05) is 26.0 Å². The van der Waals surface area contributed by atoms with Crippen LogP contribution in [0.3, 0.4) is 0 Å². The second kappa shape index (κ2) is 14.8. The molecule has 0 radical (unpaired) electrons. The van der Waals surface area contributed by atoms with Crippen LogP contribution in [-0.2, 0) is 35.3 Å². The van der Waals surface area contributed by atoms with Crippen molar-refractivity contribution in [3.63, 3.8) is 0 Å². The van der Waals surface area contributed by atoms with Gasteiger partial charge in [-0.2, -0.15) is 8.70 Å². The summed E-state index contributed by atoms with van der Waals surface area (Å²) in [4.78, 5) is 13.5. The quantitative estimate of drug-likeness (QED) is 0.0954. The van der Waals surface area contributed by atoms with Crippen LogP contribution in [0.5, 0.6) is 0 Å². The van der Waals surface area contributed by atoms with E-state index < -0.39 is 41.1 Å². The van der Waals surface area contributed by atoms with E-state index in [1.165, 1.54) is 19.2 Å². The topological polar surface area (TPSA) is 102 Å². The van der Waals surface area contributed by atoms with E-state index in [0.717, 1.165) is 21.5 Å². The third kappa shape index (κ3) is 10.2. The highest BCUT2D eigenvalue weighted by atomic mass is 32.2. The number of hydrogen-bond donors (Lipinski definition) is 0. The van der Waals surface area contributed by atoms with Crippen molar-refractivity contribution in [2.24, 2.45) is 4.40 Å². The van der Waals surface area contributed by atoms with Crippen LogP contribution < -0.4 is 0 Å². The van der Waals surface area contributed by atoms with Crippen LogP contribution in [0.15, 0.2) is 62.7 Å². The molecule has 0 aliphatic heterocycles. The Morgan fingerprint density at radius 2 is 1.63 bits per heavy atom. The summed E-state index contributed by atoms with van der Waals surface area (Å²) in [5, 5.41) is 0. The van der Waals surface area contributed by atoms with Gasteiger partial charge in [0.2, 0.25) is 10.0 Å². The van der Waals surface area contributed by atoms with Crippen LogP contribution in [0.25, 0.3) is 0 Å². The summed E-state index contributed by atoms with van der Waals surface area (Å²) >= 11 is 0. The Hall–Kier alpha value is -2.18. The minimum Gasteiger partial charge on any atom is -0.468 e. The lowest BCUT2D eigenvalue weighted by Crippen LogP contribution is -2.47. The van der Waals surface area contributed by atoms with Gasteiger partial charge in [0.25, 0.3) is 0 Å². The molecule has 210 valence electrons. The first-order valence-corrected chi connectivity index (χ1v) is 18.9. The maximum absolute atomic E-state index is 13.6. The first-order chi connectivity index (χ1) is 17.8. The Kier molecular flexibility index (Phi) is 12.5. The molecule has 2 aromatic carbocycles. The van der Waals surface area contributed by atoms with E-state index in [9.17, 15) is 17.4 Å². The molecular weight excluding hydrogens is 541 g/mol. The molecule has 0 N–H and O–H groups in total. The number of benzene rings is 2. The van der Waals surface area contributed by atoms with E-state index in [4.69, 9.17) is 9.47 Å². The lowest BCUT2D eigenvalue weighted by Gasteiger charge is -2.29. The minimum atomic E-state index is -4.05. The second-order valence-corrected chi connectivity index (χ2v) is 19.1. The standard InChI is InChI=1S/C27H40N2O6S2Si/c1-22-10-14-24(15-11-22)36(31)28-18-8-7-9-26(27(30)34-3)29(21-35-19-20-38(4,5)6)37(32,33)25-16-12-23(2)13-17-25/h10-18,26H,7-9,19-21H2,1-6H3/b28-18+/t26-,36-/m0/s1. The van der Waals surface area contributed by atoms with Crippen molar-refractivity contribution < 1.29 is 26.9 Å². The zero-order chi connectivity index (χ0) is 28.3. The normalized spacial score (nSPS) is 14.1. The fourth-order valence-electron chi connectivity index (χ4n) is 3.46. The average Bonchev–Trinajstić information content (AvgIpc) is 2.86. The van der Waals surface area contributed by atoms with Crippen LogP contribution in [0.2, 0.25) is 25.7 Å². The number of nitrogens with zero attached hydrogens (tertiary/aromatic N) is 2. The molecular formula is C27H40N2O6S2Si. The molecule has 8 nitrogen and oxygen atoms in total. The van der Waals surface area contributed by atoms with Gasteiger partial charge in [0.15, 0.2) is 11.0 Å². The van der Waals surface area contributed by atoms with Gasteiger partial charge in [-0.15, -0.1) is 0 Å². The molecule has 11 heteroatoms. The highest BCUT2D eigenvalue weighted by Crippen LogP contribution is 2.23. The fourth-order valence-corrected chi connectivity index (χ4v) is 6.44. The number of esters is 1. The summed E-state index contributed by atoms with van der Waals surface area (Å²) in [5.74, 6) is -0.658. The predicted octanol–water partition coefficient (Wildman–Crippen LogP) is 5.11. The molecule has 0 aliphatic rings. The summed E-state index contributed by atoms with van der Waals surface area (Å²) in [6.07, 6.45) is 2.59. The Bertz CT molecular complexity index is 1190. The molecule has 0 unspecified atom stereocenters. The summed E-state index contributed by atoms with van der Waals surface area (Å²) in [6, 6.07) is 13.6. The summed E-state index contributed by atoms with van der Waals surface area (Å²) in [7, 11) is -5.72. The zero-order valence-electron chi connectivity index (χ0n) is 23.2. The van der Waals surface area contributed by atoms with E-state index in [2.05, 4.69) is 24.0 Å². The number of hydrogen-bond acceptors (Lipinski definition) is 6. The summed E-state index contributed by atoms with van der Waals surface area (Å²) < 4.78 is 55.6. The van der Waals surface area contributed by atoms with Crippen LogP contribution >= 0.6 is 0 Å². The monoisotopic (exact) mass is 580 g/mol. The van der Waals surface area contributed by atoms with Gasteiger partial charge in [-0.3, -0.25) is 4.79 Å². The van der Waals surface area contributed by atoms with Crippen molar-refractivity contribution >= 4 is 41.3 Å². The van der Waals surface area contributed by atoms with E-state index in [-0.39, 0.29) is 18.0 Å². The zero-order valence-corrected chi connectivity index (χ0v) is 25.8. The van der Waals surface area contributed by atoms with Crippen LogP contribution in [0, 0.1) is 13.8 Å². The Labute approximate surface area is 231 Å². The molecule has 0 amide bonds. The molecule has 0 fully saturated rings. The molecule has 0 spiro atoms. The molecule has 2 aromatic rings. The minimum absolute atomic E-state index is 0.0841. The smallest absolute Gasteiger partial charge is 0.324 e. The van der Waals surface area contributed by atoms with Crippen molar-refractivity contribution in [2.45, 2.75) is 74.6 Å². The average molecular weight is 581 g/mol. The molecule has 0 heterocycles. The number of carbonyl (C=O) groups is 1. The Morgan fingerprint density at radius 1 is 1.05 bits per heavy atom. The molecule has 0 saturated carbocycles. The number of ether oxygens (including phenoxy) is 2. The Morgan fingerprint density at radius 3 is 2.18 bits per heavy atom. The maximum atomic E-state index is 13.6. The molecule has 0 bridgehead atoms. The van der Waals surface area contributed by atoms with Gasteiger partial charge < -0.3 is 9.47 Å². The van der Waals surface area contributed by atoms with Crippen molar-refractivity contribution in [3.8, 4) is 0 Å². The molecule has 0 saturated heterocycles. The SMILES string of the molecule is COC(=O)[C@H](CCC/C=N/[S@@](=O)c1ccc(C)cc1)N(COCC[Si](C)(C)C)S(=O)(=O)c1ccc(C)cc1. The van der Waals surface area contributed by atoms with Gasteiger partial charge in [0.05, 0.1) is 16.9 Å². The number of rotatable bonds is 15. The first kappa shape index (κ1) is 32.0. The van der Waals surface area contributed by atoms with Gasteiger partial charge in [0, 0.05) is 20.9 Å². The number of methoxy groups -OCH3 is 1. The van der Waals surface area contributed by atoms with E-state index in [1.54, 1.807) is 30.5 Å². The highest BCUT2D eigenvalue weighted by molar-refractivity contribution is 7.89. The van der Waals surface area contributed by atoms with Gasteiger partial charge >= 0.3 is 5.97 Å². The second-order valence-electron chi connectivity index (χ2n) is 10.4. The van der Waals surface area contributed by atoms with Crippen molar-refractivity contribution in [3.05, 3.63) is 59.7 Å². The summed E-state index contributed by atoms with van der Waals surface area (Å²) in [6.45, 7) is 10.6. The van der Waals surface area contributed by atoms with Crippen molar-refractivity contribution in [1.82, 2.24) is 4.31 Å². The highest BCUT2D eigenvalue weighted by Gasteiger charge is 2.36. The Balaban J connectivity index is 2.18. The third-order valence-electron chi connectivity index (χ3n) is 5.87. The molecule has 38 heavy (non-hydrogen) atoms. The van der Waals surface area contributed by atoms with Crippen LogP contribution in [0.4, 0.5) is 0 Å². The van der Waals surface area contributed by atoms with Gasteiger partial charge in [-0.25, -0.2) is 12.6 Å². The van der Waals surface area contributed by atoms with E-state index in [0.29, 0.717) is 24.3 Å². The van der Waals surface area contributed by atoms with Crippen LogP contribution in [0.1, 0.15) is 30.4 Å². The van der Waals surface area contributed by atoms with Crippen molar-refractivity contribution in [1.29, 1.82) is 0 Å². The number of unbranched alkanes of at least 4 members (excludes halogenated alkanes) is 1. The molecule has 0 aliphatic carbocycles. The predicted molar refractivity (Wildman–Crippen MR) is 155 cm³/mol.